The van der Waals surface area contributed by atoms with Gasteiger partial charge in [-0.15, -0.1) is 5.48 Å². The topological polar surface area (TPSA) is 144 Å². The molecule has 0 saturated carbocycles. The van der Waals surface area contributed by atoms with E-state index in [9.17, 15) is 14.3 Å². The number of hydrogen-bond acceptors (Lipinski definition) is 9. The van der Waals surface area contributed by atoms with Crippen LogP contribution in [0.1, 0.15) is 20.8 Å². The van der Waals surface area contributed by atoms with Crippen LogP contribution in [-0.2, 0) is 23.2 Å². The number of ether oxygens (including phenoxy) is 1. The molecule has 0 aromatic rings. The van der Waals surface area contributed by atoms with E-state index in [1.165, 1.54) is 0 Å². The van der Waals surface area contributed by atoms with Crippen molar-refractivity contribution in [2.24, 2.45) is 0 Å². The summed E-state index contributed by atoms with van der Waals surface area (Å²) in [4.78, 5) is 24.8. The fourth-order valence-corrected chi connectivity index (χ4v) is 1.61. The molecule has 4 N–H and O–H groups in total. The molecule has 0 rings (SSSR count). The van der Waals surface area contributed by atoms with Gasteiger partial charge in [-0.1, -0.05) is 0 Å². The van der Waals surface area contributed by atoms with E-state index >= 15 is 0 Å². The SMILES string of the molecule is CC(C)(C)OC(=O)ONCCOP(=O)(O)OCC(O)CO. The van der Waals surface area contributed by atoms with Crippen LogP contribution in [-0.4, -0.2) is 59.3 Å². The Balaban J connectivity index is 3.75. The fourth-order valence-electron chi connectivity index (χ4n) is 0.854. The lowest BCUT2D eigenvalue weighted by Crippen LogP contribution is -2.30. The molecule has 21 heavy (non-hydrogen) atoms. The van der Waals surface area contributed by atoms with Crippen molar-refractivity contribution in [2.75, 3.05) is 26.4 Å². The summed E-state index contributed by atoms with van der Waals surface area (Å²) in [6, 6.07) is 0. The van der Waals surface area contributed by atoms with E-state index in [0.717, 1.165) is 0 Å². The van der Waals surface area contributed by atoms with Crippen LogP contribution < -0.4 is 5.48 Å². The number of phosphoric acid groups is 1. The zero-order chi connectivity index (χ0) is 16.5. The van der Waals surface area contributed by atoms with E-state index in [-0.39, 0.29) is 13.2 Å². The number of hydrogen-bond donors (Lipinski definition) is 4. The maximum atomic E-state index is 11.3. The monoisotopic (exact) mass is 331 g/mol. The van der Waals surface area contributed by atoms with E-state index < -0.39 is 38.9 Å². The van der Waals surface area contributed by atoms with Crippen LogP contribution in [0.2, 0.25) is 0 Å². The van der Waals surface area contributed by atoms with Gasteiger partial charge in [0.25, 0.3) is 0 Å². The van der Waals surface area contributed by atoms with Crippen molar-refractivity contribution in [3.8, 4) is 0 Å². The Morgan fingerprint density at radius 2 is 1.95 bits per heavy atom. The number of carbonyl (C=O) groups is 1. The third kappa shape index (κ3) is 12.7. The minimum atomic E-state index is -4.34. The molecule has 0 aliphatic carbocycles. The number of aliphatic hydroxyl groups is 2. The van der Waals surface area contributed by atoms with Crippen molar-refractivity contribution in [3.05, 3.63) is 0 Å². The summed E-state index contributed by atoms with van der Waals surface area (Å²) in [6.45, 7) is 3.45. The summed E-state index contributed by atoms with van der Waals surface area (Å²) < 4.78 is 25.0. The molecular weight excluding hydrogens is 309 g/mol. The van der Waals surface area contributed by atoms with Gasteiger partial charge in [0.05, 0.1) is 26.4 Å². The molecule has 126 valence electrons. The Bertz CT molecular complexity index is 357. The Morgan fingerprint density at radius 3 is 2.48 bits per heavy atom. The molecule has 2 unspecified atom stereocenters. The number of nitrogens with one attached hydrogen (secondary N) is 1. The van der Waals surface area contributed by atoms with Gasteiger partial charge in [0.1, 0.15) is 11.7 Å². The Labute approximate surface area is 122 Å². The van der Waals surface area contributed by atoms with E-state index in [0.29, 0.717) is 0 Å². The predicted molar refractivity (Wildman–Crippen MR) is 70.1 cm³/mol. The molecule has 11 heteroatoms. The largest absolute Gasteiger partial charge is 0.528 e. The van der Waals surface area contributed by atoms with E-state index in [1.807, 2.05) is 0 Å². The Hall–Kier alpha value is -0.740. The lowest BCUT2D eigenvalue weighted by molar-refractivity contribution is -0.0340. The minimum absolute atomic E-state index is 0.0876. The molecule has 0 spiro atoms. The van der Waals surface area contributed by atoms with Gasteiger partial charge in [-0.05, 0) is 20.8 Å². The summed E-state index contributed by atoms with van der Waals surface area (Å²) >= 11 is 0. The third-order valence-electron chi connectivity index (χ3n) is 1.64. The van der Waals surface area contributed by atoms with Gasteiger partial charge in [0.2, 0.25) is 0 Å². The van der Waals surface area contributed by atoms with E-state index in [2.05, 4.69) is 19.4 Å². The normalized spacial score (nSPS) is 16.1. The molecule has 0 aliphatic heterocycles. The third-order valence-corrected chi connectivity index (χ3v) is 2.63. The van der Waals surface area contributed by atoms with Crippen molar-refractivity contribution in [3.63, 3.8) is 0 Å². The molecule has 0 bridgehead atoms. The van der Waals surface area contributed by atoms with Crippen molar-refractivity contribution < 1.29 is 43.1 Å². The highest BCUT2D eigenvalue weighted by Crippen LogP contribution is 2.42. The van der Waals surface area contributed by atoms with E-state index in [4.69, 9.17) is 14.9 Å². The quantitative estimate of drug-likeness (QED) is 0.196. The van der Waals surface area contributed by atoms with Crippen LogP contribution in [0.15, 0.2) is 0 Å². The highest BCUT2D eigenvalue weighted by atomic mass is 31.2. The van der Waals surface area contributed by atoms with Gasteiger partial charge in [0.15, 0.2) is 0 Å². The molecule has 0 aromatic heterocycles. The van der Waals surface area contributed by atoms with Gasteiger partial charge in [0, 0.05) is 0 Å². The summed E-state index contributed by atoms with van der Waals surface area (Å²) in [5, 5.41) is 17.4. The van der Waals surface area contributed by atoms with E-state index in [1.54, 1.807) is 20.8 Å². The number of rotatable bonds is 9. The number of carbonyl (C=O) groups excluding carboxylic acids is 1. The summed E-state index contributed by atoms with van der Waals surface area (Å²) in [7, 11) is -4.34. The van der Waals surface area contributed by atoms with Crippen molar-refractivity contribution in [1.29, 1.82) is 0 Å². The van der Waals surface area contributed by atoms with Gasteiger partial charge in [-0.2, -0.15) is 0 Å². The van der Waals surface area contributed by atoms with Crippen LogP contribution in [0, 0.1) is 0 Å². The molecular formula is C10H22NO9P. The van der Waals surface area contributed by atoms with Crippen molar-refractivity contribution in [1.82, 2.24) is 5.48 Å². The number of aliphatic hydroxyl groups excluding tert-OH is 2. The first-order valence-corrected chi connectivity index (χ1v) is 7.59. The first kappa shape index (κ1) is 20.3. The second kappa shape index (κ2) is 9.31. The lowest BCUT2D eigenvalue weighted by Gasteiger charge is -2.18. The van der Waals surface area contributed by atoms with Crippen LogP contribution >= 0.6 is 7.82 Å². The molecule has 0 heterocycles. The zero-order valence-corrected chi connectivity index (χ0v) is 13.0. The molecule has 2 atom stereocenters. The standard InChI is InChI=1S/C10H22NO9P/c1-10(2,3)19-9(14)20-11-4-5-17-21(15,16)18-7-8(13)6-12/h8,11-13H,4-7H2,1-3H3,(H,15,16). The molecule has 10 nitrogen and oxygen atoms in total. The second-order valence-electron chi connectivity index (χ2n) is 4.89. The fraction of sp³-hybridized carbons (Fsp3) is 0.900. The maximum absolute atomic E-state index is 11.3. The first-order valence-electron chi connectivity index (χ1n) is 6.09. The molecule has 0 fully saturated rings. The van der Waals surface area contributed by atoms with Gasteiger partial charge < -0.3 is 24.7 Å². The van der Waals surface area contributed by atoms with Crippen LogP contribution in [0.5, 0.6) is 0 Å². The first-order chi connectivity index (χ1) is 9.56. The molecule has 0 aromatic carbocycles. The van der Waals surface area contributed by atoms with Gasteiger partial charge >= 0.3 is 14.0 Å². The molecule has 0 saturated heterocycles. The Kier molecular flexibility index (Phi) is 8.98. The lowest BCUT2D eigenvalue weighted by atomic mass is 10.2. The van der Waals surface area contributed by atoms with Gasteiger partial charge in [-0.25, -0.2) is 9.36 Å². The summed E-state index contributed by atoms with van der Waals surface area (Å²) in [5.74, 6) is 0. The van der Waals surface area contributed by atoms with Crippen LogP contribution in [0.3, 0.4) is 0 Å². The Morgan fingerprint density at radius 1 is 1.33 bits per heavy atom. The highest BCUT2D eigenvalue weighted by Gasteiger charge is 2.22. The van der Waals surface area contributed by atoms with Crippen molar-refractivity contribution in [2.45, 2.75) is 32.5 Å². The van der Waals surface area contributed by atoms with Crippen molar-refractivity contribution >= 4 is 14.0 Å². The average molecular weight is 331 g/mol. The second-order valence-corrected chi connectivity index (χ2v) is 6.35. The molecule has 0 amide bonds. The highest BCUT2D eigenvalue weighted by molar-refractivity contribution is 7.47. The van der Waals surface area contributed by atoms with Gasteiger partial charge in [-0.3, -0.25) is 9.05 Å². The zero-order valence-electron chi connectivity index (χ0n) is 12.1. The average Bonchev–Trinajstić information content (AvgIpc) is 2.33. The maximum Gasteiger partial charge on any atom is 0.528 e. The van der Waals surface area contributed by atoms with Crippen LogP contribution in [0.25, 0.3) is 0 Å². The number of phosphoric ester groups is 1. The van der Waals surface area contributed by atoms with Crippen LogP contribution in [0.4, 0.5) is 4.79 Å². The molecule has 0 aliphatic rings. The number of hydroxylamine groups is 1. The molecule has 0 radical (unpaired) electrons. The predicted octanol–water partition coefficient (Wildman–Crippen LogP) is -0.0705. The summed E-state index contributed by atoms with van der Waals surface area (Å²) in [6.07, 6.45) is -2.22. The summed E-state index contributed by atoms with van der Waals surface area (Å²) in [5.41, 5.74) is 1.48. The smallest absolute Gasteiger partial charge is 0.427 e. The minimum Gasteiger partial charge on any atom is -0.427 e.